The summed E-state index contributed by atoms with van der Waals surface area (Å²) >= 11 is 0. The molecule has 0 aliphatic heterocycles. The molecule has 0 aromatic heterocycles. The predicted molar refractivity (Wildman–Crippen MR) is 208 cm³/mol. The lowest BCUT2D eigenvalue weighted by atomic mass is 9.94. The fraction of sp³-hybridized carbons (Fsp3) is 0.468. The summed E-state index contributed by atoms with van der Waals surface area (Å²) < 4.78 is 46.9. The molecule has 4 nitrogen and oxygen atoms in total. The van der Waals surface area contributed by atoms with Crippen molar-refractivity contribution in [1.82, 2.24) is 0 Å². The summed E-state index contributed by atoms with van der Waals surface area (Å²) in [6.07, 6.45) is 19.8. The Hall–Kier alpha value is -4.55. The molecule has 1 saturated carbocycles. The first-order valence-corrected chi connectivity index (χ1v) is 19.8. The maximum Gasteiger partial charge on any atom is 0.309 e. The van der Waals surface area contributed by atoms with Crippen LogP contribution in [0.1, 0.15) is 132 Å². The van der Waals surface area contributed by atoms with Crippen molar-refractivity contribution in [2.75, 3.05) is 13.2 Å². The van der Waals surface area contributed by atoms with Gasteiger partial charge in [0.05, 0.1) is 19.1 Å². The van der Waals surface area contributed by atoms with E-state index >= 15 is 0 Å². The van der Waals surface area contributed by atoms with Gasteiger partial charge in [-0.15, -0.1) is 0 Å². The van der Waals surface area contributed by atoms with E-state index in [-0.39, 0.29) is 35.9 Å². The third kappa shape index (κ3) is 12.5. The molecule has 2 bridgehead atoms. The zero-order valence-corrected chi connectivity index (χ0v) is 31.5. The summed E-state index contributed by atoms with van der Waals surface area (Å²) in [6, 6.07) is 15.0. The number of fused-ring (bicyclic) bond motifs is 2. The van der Waals surface area contributed by atoms with Crippen LogP contribution in [-0.4, -0.2) is 19.2 Å². The number of ether oxygens (including phenoxy) is 3. The van der Waals surface area contributed by atoms with Gasteiger partial charge in [0.15, 0.2) is 23.1 Å². The maximum absolute atomic E-state index is 14.9. The first-order chi connectivity index (χ1) is 25.9. The molecule has 0 N–H and O–H groups in total. The Bertz CT molecular complexity index is 1810. The van der Waals surface area contributed by atoms with Gasteiger partial charge in [-0.3, -0.25) is 4.79 Å². The van der Waals surface area contributed by atoms with Crippen molar-refractivity contribution >= 4 is 5.97 Å². The Morgan fingerprint density at radius 1 is 0.642 bits per heavy atom. The van der Waals surface area contributed by atoms with Gasteiger partial charge in [0.2, 0.25) is 0 Å². The van der Waals surface area contributed by atoms with E-state index in [0.29, 0.717) is 46.9 Å². The van der Waals surface area contributed by atoms with Crippen LogP contribution >= 0.6 is 0 Å². The van der Waals surface area contributed by atoms with Crippen LogP contribution in [0.3, 0.4) is 0 Å². The molecule has 0 heterocycles. The molecule has 3 aromatic carbocycles. The lowest BCUT2D eigenvalue weighted by Crippen LogP contribution is -2.21. The second-order valence-electron chi connectivity index (χ2n) is 14.4. The second-order valence-corrected chi connectivity index (χ2v) is 14.4. The van der Waals surface area contributed by atoms with Crippen LogP contribution < -0.4 is 9.47 Å². The zero-order chi connectivity index (χ0) is 37.3. The van der Waals surface area contributed by atoms with E-state index < -0.39 is 11.6 Å². The van der Waals surface area contributed by atoms with Gasteiger partial charge >= 0.3 is 5.97 Å². The highest BCUT2D eigenvalue weighted by atomic mass is 19.1. The highest BCUT2D eigenvalue weighted by Crippen LogP contribution is 2.44. The van der Waals surface area contributed by atoms with Gasteiger partial charge in [-0.1, -0.05) is 114 Å². The molecule has 5 rings (SSSR count). The molecule has 0 spiro atoms. The molecule has 3 aromatic rings. The van der Waals surface area contributed by atoms with E-state index in [2.05, 4.69) is 49.7 Å². The average Bonchev–Trinajstić information content (AvgIpc) is 3.81. The van der Waals surface area contributed by atoms with E-state index in [1.54, 1.807) is 24.3 Å². The number of unbranched alkanes of at least 4 members (excludes halogenated alkanes) is 10. The number of allylic oxidation sites excluding steroid dienone is 2. The molecule has 0 radical (unpaired) electrons. The summed E-state index contributed by atoms with van der Waals surface area (Å²) in [7, 11) is 0. The van der Waals surface area contributed by atoms with Crippen molar-refractivity contribution in [2.24, 2.45) is 17.8 Å². The molecule has 0 amide bonds. The summed E-state index contributed by atoms with van der Waals surface area (Å²) in [5.74, 6) is 12.3. The minimum atomic E-state index is -0.448. The lowest BCUT2D eigenvalue weighted by Gasteiger charge is -2.17. The van der Waals surface area contributed by atoms with Gasteiger partial charge in [-0.2, -0.15) is 0 Å². The van der Waals surface area contributed by atoms with E-state index in [4.69, 9.17) is 14.2 Å². The molecule has 1 fully saturated rings. The molecule has 2 aliphatic rings. The molecule has 53 heavy (non-hydrogen) atoms. The summed E-state index contributed by atoms with van der Waals surface area (Å²) in [5.41, 5.74) is 3.05. The molecular weight excluding hydrogens is 667 g/mol. The Kier molecular flexibility index (Phi) is 15.9. The number of hydrogen-bond donors (Lipinski definition) is 0. The fourth-order valence-corrected chi connectivity index (χ4v) is 7.02. The Morgan fingerprint density at radius 3 is 1.70 bits per heavy atom. The van der Waals surface area contributed by atoms with Crippen LogP contribution in [0.2, 0.25) is 0 Å². The van der Waals surface area contributed by atoms with Crippen LogP contribution in [0.4, 0.5) is 8.78 Å². The third-order valence-electron chi connectivity index (χ3n) is 10.1. The van der Waals surface area contributed by atoms with Gasteiger partial charge < -0.3 is 14.2 Å². The standard InChI is InChI=1S/C47H54F2O4/c1-3-5-7-9-11-13-27-51-45-25-20-36(32-43(45)48)16-15-35-17-22-39(41(29-35)34-53-47(50)42-31-38-19-24-40(42)30-38)23-18-37-21-26-46(44(49)33-37)52-28-14-12-10-8-6-4-2/h17,19-22,24-26,29,32-33,38,40,42H,3-14,27-28,30-31,34H2,1-2H3. The number of carbonyl (C=O) groups is 1. The smallest absolute Gasteiger partial charge is 0.309 e. The quantitative estimate of drug-likeness (QED) is 0.0535. The second kappa shape index (κ2) is 21.2. The minimum Gasteiger partial charge on any atom is -0.491 e. The highest BCUT2D eigenvalue weighted by Gasteiger charge is 2.40. The Morgan fingerprint density at radius 2 is 1.17 bits per heavy atom. The van der Waals surface area contributed by atoms with Crippen LogP contribution in [0.5, 0.6) is 11.5 Å². The summed E-state index contributed by atoms with van der Waals surface area (Å²) in [4.78, 5) is 13.1. The summed E-state index contributed by atoms with van der Waals surface area (Å²) in [6.45, 7) is 5.40. The largest absolute Gasteiger partial charge is 0.491 e. The number of hydrogen-bond acceptors (Lipinski definition) is 4. The van der Waals surface area contributed by atoms with Gasteiger partial charge in [0.25, 0.3) is 0 Å². The van der Waals surface area contributed by atoms with Gasteiger partial charge in [-0.25, -0.2) is 8.78 Å². The molecule has 2 aliphatic carbocycles. The van der Waals surface area contributed by atoms with E-state index in [9.17, 15) is 13.6 Å². The molecule has 3 unspecified atom stereocenters. The zero-order valence-electron chi connectivity index (χ0n) is 31.5. The van der Waals surface area contributed by atoms with E-state index in [1.165, 1.54) is 63.5 Å². The topological polar surface area (TPSA) is 44.8 Å². The summed E-state index contributed by atoms with van der Waals surface area (Å²) in [5, 5.41) is 0. The first kappa shape index (κ1) is 39.7. The van der Waals surface area contributed by atoms with Crippen molar-refractivity contribution in [1.29, 1.82) is 0 Å². The highest BCUT2D eigenvalue weighted by molar-refractivity contribution is 5.74. The van der Waals surface area contributed by atoms with Crippen LogP contribution in [-0.2, 0) is 16.1 Å². The molecule has 3 atom stereocenters. The van der Waals surface area contributed by atoms with Crippen LogP contribution in [0, 0.1) is 53.1 Å². The molecule has 280 valence electrons. The molecule has 6 heteroatoms. The number of esters is 1. The van der Waals surface area contributed by atoms with Gasteiger partial charge in [0.1, 0.15) is 6.61 Å². The Labute approximate surface area is 315 Å². The number of halogens is 2. The van der Waals surface area contributed by atoms with E-state index in [0.717, 1.165) is 38.5 Å². The third-order valence-corrected chi connectivity index (χ3v) is 10.1. The number of carbonyl (C=O) groups excluding carboxylic acids is 1. The first-order valence-electron chi connectivity index (χ1n) is 19.8. The van der Waals surface area contributed by atoms with Crippen molar-refractivity contribution in [2.45, 2.75) is 110 Å². The fourth-order valence-electron chi connectivity index (χ4n) is 7.02. The van der Waals surface area contributed by atoms with Crippen molar-refractivity contribution in [3.8, 4) is 35.2 Å². The van der Waals surface area contributed by atoms with Gasteiger partial charge in [-0.05, 0) is 92.1 Å². The monoisotopic (exact) mass is 720 g/mol. The Balaban J connectivity index is 1.24. The lowest BCUT2D eigenvalue weighted by molar-refractivity contribution is -0.150. The number of benzene rings is 3. The van der Waals surface area contributed by atoms with Crippen molar-refractivity contribution in [3.05, 3.63) is 106 Å². The van der Waals surface area contributed by atoms with Crippen molar-refractivity contribution in [3.63, 3.8) is 0 Å². The maximum atomic E-state index is 14.9. The van der Waals surface area contributed by atoms with Crippen molar-refractivity contribution < 1.29 is 27.8 Å². The van der Waals surface area contributed by atoms with Crippen LogP contribution in [0.25, 0.3) is 0 Å². The van der Waals surface area contributed by atoms with Gasteiger partial charge in [0, 0.05) is 27.8 Å². The molecule has 0 saturated heterocycles. The normalized spacial score (nSPS) is 16.8. The predicted octanol–water partition coefficient (Wildman–Crippen LogP) is 11.5. The average molecular weight is 721 g/mol. The SMILES string of the molecule is CCCCCCCCOc1ccc(C#Cc2ccc(C#Cc3ccc(OCCCCCCCC)c(F)c3)c(COC(=O)C3CC4C=CC3C4)c2)cc1F. The van der Waals surface area contributed by atoms with Crippen LogP contribution in [0.15, 0.2) is 66.7 Å². The molecular formula is C47H54F2O4. The number of rotatable bonds is 19. The minimum absolute atomic E-state index is 0.0365. The van der Waals surface area contributed by atoms with E-state index in [1.807, 2.05) is 18.2 Å².